The van der Waals surface area contributed by atoms with E-state index in [1.54, 1.807) is 50.2 Å². The minimum absolute atomic E-state index is 0.0825. The Morgan fingerprint density at radius 1 is 0.903 bits per heavy atom. The number of amides is 4. The molecule has 1 atom stereocenters. The maximum absolute atomic E-state index is 13.3. The smallest absolute Gasteiger partial charge is 0.262 e. The van der Waals surface area contributed by atoms with E-state index in [9.17, 15) is 27.6 Å². The summed E-state index contributed by atoms with van der Waals surface area (Å²) >= 11 is 6.52. The number of para-hydroxylation sites is 1. The Bertz CT molecular complexity index is 2550. The van der Waals surface area contributed by atoms with Crippen molar-refractivity contribution in [2.45, 2.75) is 88.5 Å². The Hall–Kier alpha value is -5.58. The summed E-state index contributed by atoms with van der Waals surface area (Å²) in [5.74, 6) is 0.00597. The van der Waals surface area contributed by atoms with E-state index in [1.165, 1.54) is 11.8 Å². The fourth-order valence-electron chi connectivity index (χ4n) is 8.77. The van der Waals surface area contributed by atoms with Crippen molar-refractivity contribution < 1.29 is 32.3 Å². The zero-order valence-electron chi connectivity index (χ0n) is 35.4. The van der Waals surface area contributed by atoms with E-state index in [0.29, 0.717) is 34.5 Å². The quantitative estimate of drug-likeness (QED) is 0.122. The molecule has 62 heavy (non-hydrogen) atoms. The Balaban J connectivity index is 0.883. The summed E-state index contributed by atoms with van der Waals surface area (Å²) in [6.07, 6.45) is 3.58. The zero-order valence-corrected chi connectivity index (χ0v) is 37.0. The predicted octanol–water partition coefficient (Wildman–Crippen LogP) is 6.61. The van der Waals surface area contributed by atoms with Gasteiger partial charge in [-0.2, -0.15) is 4.98 Å². The van der Waals surface area contributed by atoms with Crippen LogP contribution in [-0.2, 0) is 19.4 Å². The van der Waals surface area contributed by atoms with Gasteiger partial charge < -0.3 is 25.2 Å². The van der Waals surface area contributed by atoms with Crippen LogP contribution in [0.4, 0.5) is 28.8 Å². The molecule has 3 N–H and O–H groups in total. The first-order valence-corrected chi connectivity index (χ1v) is 23.0. The van der Waals surface area contributed by atoms with Crippen LogP contribution in [-0.4, -0.2) is 102 Å². The molecule has 3 aromatic carbocycles. The lowest BCUT2D eigenvalue weighted by Crippen LogP contribution is -2.54. The van der Waals surface area contributed by atoms with Crippen molar-refractivity contribution in [2.75, 3.05) is 48.3 Å². The molecule has 1 aromatic heterocycles. The molecular weight excluding hydrogens is 832 g/mol. The Morgan fingerprint density at radius 2 is 1.63 bits per heavy atom. The molecule has 0 radical (unpaired) electrons. The average Bonchev–Trinajstić information content (AvgIpc) is 3.46. The van der Waals surface area contributed by atoms with Crippen molar-refractivity contribution in [1.29, 1.82) is 0 Å². The first-order valence-electron chi connectivity index (χ1n) is 21.1. The number of hydrogen-bond donors (Lipinski definition) is 3. The number of halogens is 1. The van der Waals surface area contributed by atoms with Crippen LogP contribution in [0.2, 0.25) is 5.02 Å². The first kappa shape index (κ1) is 43.1. The number of nitrogens with one attached hydrogen (secondary N) is 3. The number of ether oxygens (including phenoxy) is 1. The number of piperidine rings is 2. The minimum atomic E-state index is -3.58. The molecule has 326 valence electrons. The number of benzene rings is 3. The molecular formula is C45H51ClN8O7S. The summed E-state index contributed by atoms with van der Waals surface area (Å²) in [6.45, 7) is 13.9. The van der Waals surface area contributed by atoms with Gasteiger partial charge in [-0.25, -0.2) is 13.4 Å². The first-order chi connectivity index (χ1) is 29.6. The summed E-state index contributed by atoms with van der Waals surface area (Å²) < 4.78 is 32.5. The number of rotatable bonds is 13. The highest BCUT2D eigenvalue weighted by atomic mass is 35.5. The SMILES string of the molecule is Cc1cc(Nc2ncc(Cl)c(Nc3ccccc3S(=O)(=O)C(C)C)n2)c(OC(C)C)cc1C1CCN(CC2CN(c3ccc4c(c3)C(=O)N(C3CCC(=O)NC3=O)C4=O)C2)CC1. The molecule has 4 aromatic rings. The van der Waals surface area contributed by atoms with E-state index in [-0.39, 0.29) is 46.2 Å². The molecule has 17 heteroatoms. The normalized spacial score (nSPS) is 18.9. The maximum atomic E-state index is 13.3. The van der Waals surface area contributed by atoms with Crippen molar-refractivity contribution in [1.82, 2.24) is 25.1 Å². The lowest BCUT2D eigenvalue weighted by Gasteiger charge is -2.44. The Morgan fingerprint density at radius 3 is 2.34 bits per heavy atom. The predicted molar refractivity (Wildman–Crippen MR) is 237 cm³/mol. The molecule has 8 rings (SSSR count). The minimum Gasteiger partial charge on any atom is -0.489 e. The van der Waals surface area contributed by atoms with Crippen molar-refractivity contribution >= 4 is 73.9 Å². The largest absolute Gasteiger partial charge is 0.489 e. The molecule has 1 unspecified atom stereocenters. The third-order valence-electron chi connectivity index (χ3n) is 12.1. The lowest BCUT2D eigenvalue weighted by molar-refractivity contribution is -0.136. The van der Waals surface area contributed by atoms with Gasteiger partial charge >= 0.3 is 0 Å². The summed E-state index contributed by atoms with van der Waals surface area (Å²) in [7, 11) is -3.58. The van der Waals surface area contributed by atoms with Crippen molar-refractivity contribution in [3.05, 3.63) is 88.1 Å². The third-order valence-corrected chi connectivity index (χ3v) is 14.6. The molecule has 0 spiro atoms. The molecule has 3 saturated heterocycles. The van der Waals surface area contributed by atoms with Gasteiger partial charge in [-0.15, -0.1) is 0 Å². The second kappa shape index (κ2) is 17.3. The standard InChI is InChI=1S/C45H51ClN8O7S/c1-25(2)61-38-20-32(27(5)18-36(38)49-45-47-21-34(46)41(51-45)48-35-8-6-7-9-39(35)62(59,60)26(3)4)29-14-16-52(17-15-29)22-28-23-53(24-28)30-10-11-31-33(19-30)44(58)54(43(31)57)37-12-13-40(55)50-42(37)56/h6-11,18-21,25-26,28-29,37H,12-17,22-24H2,1-5H3,(H,50,55,56)(H2,47,48,49,51). The van der Waals surface area contributed by atoms with Gasteiger partial charge in [-0.3, -0.25) is 29.4 Å². The maximum Gasteiger partial charge on any atom is 0.262 e. The van der Waals surface area contributed by atoms with Gasteiger partial charge in [0.05, 0.1) is 44.9 Å². The second-order valence-corrected chi connectivity index (χ2v) is 20.0. The number of likely N-dealkylation sites (tertiary alicyclic amines) is 1. The monoisotopic (exact) mass is 882 g/mol. The number of aryl methyl sites for hydroxylation is 1. The second-order valence-electron chi connectivity index (χ2n) is 17.1. The number of hydrogen-bond acceptors (Lipinski definition) is 13. The fourth-order valence-corrected chi connectivity index (χ4v) is 10.1. The van der Waals surface area contributed by atoms with Crippen LogP contribution in [0.3, 0.4) is 0 Å². The molecule has 3 fully saturated rings. The number of nitrogens with zero attached hydrogens (tertiary/aromatic N) is 5. The van der Waals surface area contributed by atoms with E-state index in [4.69, 9.17) is 16.3 Å². The molecule has 4 aliphatic heterocycles. The van der Waals surface area contributed by atoms with Gasteiger partial charge in [-0.05, 0) is 126 Å². The number of imide groups is 2. The summed E-state index contributed by atoms with van der Waals surface area (Å²) in [6, 6.07) is 15.2. The van der Waals surface area contributed by atoms with Gasteiger partial charge in [0.25, 0.3) is 11.8 Å². The van der Waals surface area contributed by atoms with E-state index >= 15 is 0 Å². The van der Waals surface area contributed by atoms with Crippen LogP contribution in [0.5, 0.6) is 5.75 Å². The Labute approximate surface area is 366 Å². The number of carbonyl (C=O) groups is 4. The number of sulfone groups is 1. The van der Waals surface area contributed by atoms with Gasteiger partial charge in [0.15, 0.2) is 15.7 Å². The molecule has 5 heterocycles. The van der Waals surface area contributed by atoms with Gasteiger partial charge in [0.2, 0.25) is 17.8 Å². The topological polar surface area (TPSA) is 183 Å². The van der Waals surface area contributed by atoms with Crippen molar-refractivity contribution in [3.8, 4) is 5.75 Å². The van der Waals surface area contributed by atoms with Crippen LogP contribution in [0.1, 0.15) is 91.1 Å². The van der Waals surface area contributed by atoms with Gasteiger partial charge in [0, 0.05) is 37.7 Å². The molecule has 0 saturated carbocycles. The average molecular weight is 883 g/mol. The highest BCUT2D eigenvalue weighted by Gasteiger charge is 2.45. The van der Waals surface area contributed by atoms with Crippen LogP contribution < -0.4 is 25.6 Å². The molecule has 15 nitrogen and oxygen atoms in total. The summed E-state index contributed by atoms with van der Waals surface area (Å²) in [4.78, 5) is 65.5. The number of fused-ring (bicyclic) bond motifs is 1. The molecule has 0 bridgehead atoms. The van der Waals surface area contributed by atoms with Crippen LogP contribution in [0.15, 0.2) is 65.7 Å². The molecule has 4 aliphatic rings. The number of anilines is 5. The van der Waals surface area contributed by atoms with E-state index in [1.807, 2.05) is 19.9 Å². The fraction of sp³-hybridized carbons (Fsp3) is 0.422. The van der Waals surface area contributed by atoms with Crippen LogP contribution in [0.25, 0.3) is 0 Å². The van der Waals surface area contributed by atoms with Crippen LogP contribution in [0, 0.1) is 12.8 Å². The van der Waals surface area contributed by atoms with Crippen LogP contribution >= 0.6 is 11.6 Å². The number of aromatic nitrogens is 2. The highest BCUT2D eigenvalue weighted by molar-refractivity contribution is 7.92. The van der Waals surface area contributed by atoms with E-state index in [2.05, 4.69) is 54.8 Å². The Kier molecular flexibility index (Phi) is 12.0. The lowest BCUT2D eigenvalue weighted by atomic mass is 9.85. The number of carbonyl (C=O) groups excluding carboxylic acids is 4. The summed E-state index contributed by atoms with van der Waals surface area (Å²) in [5, 5.41) is 8.30. The van der Waals surface area contributed by atoms with Crippen molar-refractivity contribution in [2.24, 2.45) is 5.92 Å². The van der Waals surface area contributed by atoms with E-state index < -0.39 is 44.8 Å². The zero-order chi connectivity index (χ0) is 44.0. The third kappa shape index (κ3) is 8.59. The van der Waals surface area contributed by atoms with Gasteiger partial charge in [0.1, 0.15) is 16.8 Å². The van der Waals surface area contributed by atoms with Crippen molar-refractivity contribution in [3.63, 3.8) is 0 Å². The van der Waals surface area contributed by atoms with Gasteiger partial charge in [-0.1, -0.05) is 23.7 Å². The molecule has 0 aliphatic carbocycles. The van der Waals surface area contributed by atoms with E-state index in [0.717, 1.165) is 61.7 Å². The summed E-state index contributed by atoms with van der Waals surface area (Å²) in [5.41, 5.74) is 4.88. The molecule has 4 amide bonds. The highest BCUT2D eigenvalue weighted by Crippen LogP contribution is 2.40.